The molecule has 0 bridgehead atoms. The number of carbonyl (C=O) groups excluding carboxylic acids is 1. The highest BCUT2D eigenvalue weighted by atomic mass is 16.2. The lowest BCUT2D eigenvalue weighted by Gasteiger charge is -2.18. The molecule has 0 aliphatic heterocycles. The molecule has 4 nitrogen and oxygen atoms in total. The van der Waals surface area contributed by atoms with Crippen molar-refractivity contribution < 1.29 is 4.79 Å². The van der Waals surface area contributed by atoms with E-state index in [9.17, 15) is 4.79 Å². The van der Waals surface area contributed by atoms with Gasteiger partial charge >= 0.3 is 0 Å². The molecule has 4 heteroatoms. The molecule has 2 heterocycles. The zero-order chi connectivity index (χ0) is 15.5. The van der Waals surface area contributed by atoms with Crippen LogP contribution in [0.25, 0.3) is 10.9 Å². The van der Waals surface area contributed by atoms with E-state index in [1.807, 2.05) is 49.4 Å². The van der Waals surface area contributed by atoms with Gasteiger partial charge in [-0.2, -0.15) is 0 Å². The smallest absolute Gasteiger partial charge is 0.254 e. The molecule has 3 aromatic rings. The summed E-state index contributed by atoms with van der Waals surface area (Å²) in [5.74, 6) is -0.00875. The van der Waals surface area contributed by atoms with Gasteiger partial charge in [0.15, 0.2) is 0 Å². The molecule has 0 radical (unpaired) electrons. The predicted molar refractivity (Wildman–Crippen MR) is 86.5 cm³/mol. The van der Waals surface area contributed by atoms with Crippen molar-refractivity contribution in [3.05, 3.63) is 71.7 Å². The van der Waals surface area contributed by atoms with Crippen molar-refractivity contribution in [2.75, 3.05) is 7.05 Å². The second-order valence-corrected chi connectivity index (χ2v) is 5.35. The number of carbonyl (C=O) groups is 1. The van der Waals surface area contributed by atoms with Crippen molar-refractivity contribution in [3.63, 3.8) is 0 Å². The molecular formula is C18H17N3O. The molecule has 3 rings (SSSR count). The summed E-state index contributed by atoms with van der Waals surface area (Å²) in [6.07, 6.45) is 3.50. The van der Waals surface area contributed by atoms with Crippen molar-refractivity contribution in [1.29, 1.82) is 0 Å². The maximum Gasteiger partial charge on any atom is 0.254 e. The average molecular weight is 291 g/mol. The van der Waals surface area contributed by atoms with Gasteiger partial charge in [-0.1, -0.05) is 24.3 Å². The first-order chi connectivity index (χ1) is 10.6. The Balaban J connectivity index is 1.95. The summed E-state index contributed by atoms with van der Waals surface area (Å²) in [6, 6.07) is 13.4. The minimum absolute atomic E-state index is 0.00875. The largest absolute Gasteiger partial charge is 0.337 e. The zero-order valence-electron chi connectivity index (χ0n) is 12.7. The molecule has 110 valence electrons. The maximum atomic E-state index is 12.8. The topological polar surface area (TPSA) is 46.1 Å². The van der Waals surface area contributed by atoms with Gasteiger partial charge in [0.1, 0.15) is 0 Å². The number of hydrogen-bond acceptors (Lipinski definition) is 3. The molecule has 1 amide bonds. The first kappa shape index (κ1) is 14.2. The number of nitrogens with zero attached hydrogens (tertiary/aromatic N) is 3. The third-order valence-electron chi connectivity index (χ3n) is 3.56. The molecule has 0 atom stereocenters. The standard InChI is InChI=1S/C18H17N3O/c1-13-10-16(15-7-3-4-8-17(15)20-13)18(22)21(2)12-14-6-5-9-19-11-14/h3-11H,12H2,1-2H3. The van der Waals surface area contributed by atoms with E-state index < -0.39 is 0 Å². The predicted octanol–water partition coefficient (Wildman–Crippen LogP) is 3.21. The van der Waals surface area contributed by atoms with E-state index in [4.69, 9.17) is 0 Å². The Hall–Kier alpha value is -2.75. The molecule has 0 fully saturated rings. The number of fused-ring (bicyclic) bond motifs is 1. The highest BCUT2D eigenvalue weighted by molar-refractivity contribution is 6.06. The number of pyridine rings is 2. The van der Waals surface area contributed by atoms with Crippen LogP contribution >= 0.6 is 0 Å². The van der Waals surface area contributed by atoms with Crippen molar-refractivity contribution >= 4 is 16.8 Å². The van der Waals surface area contributed by atoms with Gasteiger partial charge in [-0.15, -0.1) is 0 Å². The van der Waals surface area contributed by atoms with E-state index in [-0.39, 0.29) is 5.91 Å². The van der Waals surface area contributed by atoms with Gasteiger partial charge in [-0.25, -0.2) is 0 Å². The van der Waals surface area contributed by atoms with E-state index in [1.165, 1.54) is 0 Å². The number of amides is 1. The first-order valence-corrected chi connectivity index (χ1v) is 7.16. The van der Waals surface area contributed by atoms with Crippen LogP contribution in [0.15, 0.2) is 54.9 Å². The molecular weight excluding hydrogens is 274 g/mol. The van der Waals surface area contributed by atoms with Gasteiger partial charge in [-0.05, 0) is 30.7 Å². The third-order valence-corrected chi connectivity index (χ3v) is 3.56. The minimum Gasteiger partial charge on any atom is -0.337 e. The molecule has 0 spiro atoms. The lowest BCUT2D eigenvalue weighted by molar-refractivity contribution is 0.0787. The van der Waals surface area contributed by atoms with Gasteiger partial charge in [0.25, 0.3) is 5.91 Å². The van der Waals surface area contributed by atoms with Crippen LogP contribution < -0.4 is 0 Å². The fourth-order valence-corrected chi connectivity index (χ4v) is 2.53. The zero-order valence-corrected chi connectivity index (χ0v) is 12.7. The Bertz CT molecular complexity index is 815. The molecule has 0 aliphatic carbocycles. The van der Waals surface area contributed by atoms with Gasteiger partial charge in [0.05, 0.1) is 11.1 Å². The summed E-state index contributed by atoms with van der Waals surface area (Å²) >= 11 is 0. The Labute approximate surface area is 129 Å². The summed E-state index contributed by atoms with van der Waals surface area (Å²) in [6.45, 7) is 2.44. The van der Waals surface area contributed by atoms with Crippen LogP contribution in [0.4, 0.5) is 0 Å². The fraction of sp³-hybridized carbons (Fsp3) is 0.167. The van der Waals surface area contributed by atoms with E-state index >= 15 is 0 Å². The number of aryl methyl sites for hydroxylation is 1. The van der Waals surface area contributed by atoms with Crippen LogP contribution in [-0.2, 0) is 6.54 Å². The van der Waals surface area contributed by atoms with E-state index in [0.29, 0.717) is 12.1 Å². The highest BCUT2D eigenvalue weighted by Crippen LogP contribution is 2.20. The van der Waals surface area contributed by atoms with Crippen LogP contribution in [-0.4, -0.2) is 27.8 Å². The number of hydrogen-bond donors (Lipinski definition) is 0. The summed E-state index contributed by atoms with van der Waals surface area (Å²) in [7, 11) is 1.81. The molecule has 0 N–H and O–H groups in total. The van der Waals surface area contributed by atoms with Crippen LogP contribution in [0.1, 0.15) is 21.6 Å². The average Bonchev–Trinajstić information content (AvgIpc) is 2.54. The van der Waals surface area contributed by atoms with Gasteiger partial charge < -0.3 is 4.90 Å². The van der Waals surface area contributed by atoms with Crippen LogP contribution in [0, 0.1) is 6.92 Å². The van der Waals surface area contributed by atoms with Crippen molar-refractivity contribution in [2.45, 2.75) is 13.5 Å². The number of para-hydroxylation sites is 1. The number of aromatic nitrogens is 2. The van der Waals surface area contributed by atoms with E-state index in [0.717, 1.165) is 22.2 Å². The normalized spacial score (nSPS) is 10.6. The lowest BCUT2D eigenvalue weighted by atomic mass is 10.1. The lowest BCUT2D eigenvalue weighted by Crippen LogP contribution is -2.26. The quantitative estimate of drug-likeness (QED) is 0.744. The molecule has 1 aromatic carbocycles. The van der Waals surface area contributed by atoms with Crippen LogP contribution in [0.5, 0.6) is 0 Å². The van der Waals surface area contributed by atoms with E-state index in [1.54, 1.807) is 24.3 Å². The molecule has 0 saturated carbocycles. The highest BCUT2D eigenvalue weighted by Gasteiger charge is 2.16. The van der Waals surface area contributed by atoms with Gasteiger partial charge in [-0.3, -0.25) is 14.8 Å². The van der Waals surface area contributed by atoms with Crippen molar-refractivity contribution in [2.24, 2.45) is 0 Å². The number of rotatable bonds is 3. The van der Waals surface area contributed by atoms with E-state index in [2.05, 4.69) is 9.97 Å². The third kappa shape index (κ3) is 2.81. The van der Waals surface area contributed by atoms with Gasteiger partial charge in [0, 0.05) is 37.1 Å². The Morgan fingerprint density at radius 1 is 1.18 bits per heavy atom. The number of benzene rings is 1. The van der Waals surface area contributed by atoms with Crippen molar-refractivity contribution in [1.82, 2.24) is 14.9 Å². The van der Waals surface area contributed by atoms with Crippen molar-refractivity contribution in [3.8, 4) is 0 Å². The molecule has 22 heavy (non-hydrogen) atoms. The SMILES string of the molecule is Cc1cc(C(=O)N(C)Cc2cccnc2)c2ccccc2n1. The van der Waals surface area contributed by atoms with Crippen LogP contribution in [0.3, 0.4) is 0 Å². The second-order valence-electron chi connectivity index (χ2n) is 5.35. The minimum atomic E-state index is -0.00875. The fourth-order valence-electron chi connectivity index (χ4n) is 2.53. The summed E-state index contributed by atoms with van der Waals surface area (Å²) in [5, 5.41) is 0.885. The summed E-state index contributed by atoms with van der Waals surface area (Å²) in [4.78, 5) is 23.1. The second kappa shape index (κ2) is 5.93. The maximum absolute atomic E-state index is 12.8. The molecule has 0 unspecified atom stereocenters. The van der Waals surface area contributed by atoms with Gasteiger partial charge in [0.2, 0.25) is 0 Å². The Kier molecular flexibility index (Phi) is 3.83. The molecule has 2 aromatic heterocycles. The Morgan fingerprint density at radius 2 is 2.00 bits per heavy atom. The summed E-state index contributed by atoms with van der Waals surface area (Å²) in [5.41, 5.74) is 3.39. The molecule has 0 aliphatic rings. The van der Waals surface area contributed by atoms with Crippen LogP contribution in [0.2, 0.25) is 0 Å². The Morgan fingerprint density at radius 3 is 2.77 bits per heavy atom. The molecule has 0 saturated heterocycles. The monoisotopic (exact) mass is 291 g/mol. The summed E-state index contributed by atoms with van der Waals surface area (Å²) < 4.78 is 0. The first-order valence-electron chi connectivity index (χ1n) is 7.16.